The summed E-state index contributed by atoms with van der Waals surface area (Å²) in [5.41, 5.74) is 5.39. The molecular formula is C12H16FNO. The van der Waals surface area contributed by atoms with Crippen LogP contribution in [0.4, 0.5) is 4.39 Å². The van der Waals surface area contributed by atoms with Gasteiger partial charge in [0.1, 0.15) is 5.60 Å². The van der Waals surface area contributed by atoms with Gasteiger partial charge in [0, 0.05) is 6.54 Å². The minimum atomic E-state index is -0.331. The highest BCUT2D eigenvalue weighted by molar-refractivity contribution is 5.24. The van der Waals surface area contributed by atoms with E-state index in [2.05, 4.69) is 0 Å². The third-order valence-electron chi connectivity index (χ3n) is 3.05. The molecule has 1 saturated carbocycles. The molecule has 2 rings (SSSR count). The van der Waals surface area contributed by atoms with Crippen molar-refractivity contribution in [1.29, 1.82) is 0 Å². The summed E-state index contributed by atoms with van der Waals surface area (Å²) in [5, 5.41) is 0. The number of halogens is 1. The molecule has 0 unspecified atom stereocenters. The van der Waals surface area contributed by atoms with Crippen molar-refractivity contribution in [1.82, 2.24) is 0 Å². The molecule has 0 heterocycles. The summed E-state index contributed by atoms with van der Waals surface area (Å²) in [6, 6.07) is 6.50. The maximum Gasteiger partial charge on any atom is 0.165 e. The van der Waals surface area contributed by atoms with Crippen LogP contribution in [0.25, 0.3) is 0 Å². The van der Waals surface area contributed by atoms with Gasteiger partial charge < -0.3 is 10.5 Å². The highest BCUT2D eigenvalue weighted by Crippen LogP contribution is 2.34. The molecule has 3 heteroatoms. The zero-order valence-electron chi connectivity index (χ0n) is 8.71. The Kier molecular flexibility index (Phi) is 2.91. The van der Waals surface area contributed by atoms with Gasteiger partial charge in [-0.2, -0.15) is 0 Å². The lowest BCUT2D eigenvalue weighted by Crippen LogP contribution is -2.41. The standard InChI is InChI=1S/C12H16FNO/c13-10-5-1-2-6-11(10)15-12(9-14)7-3-4-8-12/h1-2,5-6H,3-4,7-9,14H2. The van der Waals surface area contributed by atoms with Gasteiger partial charge in [-0.3, -0.25) is 0 Å². The monoisotopic (exact) mass is 209 g/mol. The number of nitrogens with two attached hydrogens (primary N) is 1. The Morgan fingerprint density at radius 3 is 2.53 bits per heavy atom. The summed E-state index contributed by atoms with van der Waals surface area (Å²) < 4.78 is 19.1. The van der Waals surface area contributed by atoms with E-state index in [0.29, 0.717) is 12.3 Å². The fraction of sp³-hybridized carbons (Fsp3) is 0.500. The molecule has 0 amide bonds. The summed E-state index contributed by atoms with van der Waals surface area (Å²) in [6.07, 6.45) is 4.09. The smallest absolute Gasteiger partial charge is 0.165 e. The molecule has 82 valence electrons. The van der Waals surface area contributed by atoms with E-state index in [1.165, 1.54) is 6.07 Å². The van der Waals surface area contributed by atoms with Crippen LogP contribution in [0.3, 0.4) is 0 Å². The summed E-state index contributed by atoms with van der Waals surface area (Å²) in [4.78, 5) is 0. The number of hydrogen-bond donors (Lipinski definition) is 1. The van der Waals surface area contributed by atoms with Crippen molar-refractivity contribution in [3.05, 3.63) is 30.1 Å². The minimum absolute atomic E-state index is 0.308. The molecular weight excluding hydrogens is 193 g/mol. The van der Waals surface area contributed by atoms with E-state index in [9.17, 15) is 4.39 Å². The molecule has 2 nitrogen and oxygen atoms in total. The summed E-state index contributed by atoms with van der Waals surface area (Å²) in [6.45, 7) is 0.460. The van der Waals surface area contributed by atoms with E-state index in [1.54, 1.807) is 18.2 Å². The fourth-order valence-corrected chi connectivity index (χ4v) is 2.13. The summed E-state index contributed by atoms with van der Waals surface area (Å²) >= 11 is 0. The van der Waals surface area contributed by atoms with Crippen molar-refractivity contribution < 1.29 is 9.13 Å². The van der Waals surface area contributed by atoms with Crippen molar-refractivity contribution in [3.8, 4) is 5.75 Å². The Balaban J connectivity index is 2.16. The van der Waals surface area contributed by atoms with Gasteiger partial charge in [-0.15, -0.1) is 0 Å². The highest BCUT2D eigenvalue weighted by Gasteiger charge is 2.35. The molecule has 1 fully saturated rings. The topological polar surface area (TPSA) is 35.2 Å². The lowest BCUT2D eigenvalue weighted by atomic mass is 10.0. The average Bonchev–Trinajstić information content (AvgIpc) is 2.71. The third-order valence-corrected chi connectivity index (χ3v) is 3.05. The molecule has 0 atom stereocenters. The number of benzene rings is 1. The first kappa shape index (κ1) is 10.4. The van der Waals surface area contributed by atoms with Crippen LogP contribution in [0.5, 0.6) is 5.75 Å². The van der Waals surface area contributed by atoms with Gasteiger partial charge in [0.25, 0.3) is 0 Å². The SMILES string of the molecule is NCC1(Oc2ccccc2F)CCCC1. The van der Waals surface area contributed by atoms with Gasteiger partial charge in [-0.05, 0) is 37.8 Å². The first-order valence-corrected chi connectivity index (χ1v) is 5.39. The first-order chi connectivity index (χ1) is 7.26. The molecule has 0 spiro atoms. The molecule has 15 heavy (non-hydrogen) atoms. The predicted molar refractivity (Wildman–Crippen MR) is 57.3 cm³/mol. The van der Waals surface area contributed by atoms with E-state index in [4.69, 9.17) is 10.5 Å². The van der Waals surface area contributed by atoms with Crippen LogP contribution in [0.1, 0.15) is 25.7 Å². The van der Waals surface area contributed by atoms with Crippen LogP contribution in [-0.4, -0.2) is 12.1 Å². The quantitative estimate of drug-likeness (QED) is 0.830. The van der Waals surface area contributed by atoms with Crippen molar-refractivity contribution in [2.24, 2.45) is 5.73 Å². The van der Waals surface area contributed by atoms with Crippen molar-refractivity contribution in [3.63, 3.8) is 0 Å². The molecule has 1 aliphatic rings. The number of ether oxygens (including phenoxy) is 1. The minimum Gasteiger partial charge on any atom is -0.483 e. The largest absolute Gasteiger partial charge is 0.483 e. The lowest BCUT2D eigenvalue weighted by molar-refractivity contribution is 0.0802. The van der Waals surface area contributed by atoms with Gasteiger partial charge in [0.2, 0.25) is 0 Å². The van der Waals surface area contributed by atoms with Crippen molar-refractivity contribution in [2.75, 3.05) is 6.54 Å². The van der Waals surface area contributed by atoms with E-state index in [0.717, 1.165) is 25.7 Å². The Morgan fingerprint density at radius 2 is 1.93 bits per heavy atom. The fourth-order valence-electron chi connectivity index (χ4n) is 2.13. The molecule has 0 saturated heterocycles. The second-order valence-corrected chi connectivity index (χ2v) is 4.13. The zero-order chi connectivity index (χ0) is 10.7. The Labute approximate surface area is 89.2 Å². The van der Waals surface area contributed by atoms with Crippen LogP contribution in [-0.2, 0) is 0 Å². The summed E-state index contributed by atoms with van der Waals surface area (Å²) in [7, 11) is 0. The van der Waals surface area contributed by atoms with Crippen LogP contribution in [0.15, 0.2) is 24.3 Å². The summed E-state index contributed by atoms with van der Waals surface area (Å²) in [5.74, 6) is 0.0158. The lowest BCUT2D eigenvalue weighted by Gasteiger charge is -2.28. The van der Waals surface area contributed by atoms with E-state index in [-0.39, 0.29) is 11.4 Å². The molecule has 0 bridgehead atoms. The number of rotatable bonds is 3. The molecule has 1 aliphatic carbocycles. The van der Waals surface area contributed by atoms with Gasteiger partial charge in [-0.1, -0.05) is 12.1 Å². The van der Waals surface area contributed by atoms with E-state index in [1.807, 2.05) is 0 Å². The van der Waals surface area contributed by atoms with E-state index < -0.39 is 0 Å². The maximum absolute atomic E-state index is 13.4. The normalized spacial score (nSPS) is 19.1. The van der Waals surface area contributed by atoms with Crippen molar-refractivity contribution in [2.45, 2.75) is 31.3 Å². The predicted octanol–water partition coefficient (Wildman–Crippen LogP) is 2.48. The second-order valence-electron chi connectivity index (χ2n) is 4.13. The maximum atomic E-state index is 13.4. The third kappa shape index (κ3) is 2.12. The van der Waals surface area contributed by atoms with Gasteiger partial charge >= 0.3 is 0 Å². The first-order valence-electron chi connectivity index (χ1n) is 5.39. The molecule has 2 N–H and O–H groups in total. The molecule has 0 radical (unpaired) electrons. The average molecular weight is 209 g/mol. The van der Waals surface area contributed by atoms with Crippen molar-refractivity contribution >= 4 is 0 Å². The zero-order valence-corrected chi connectivity index (χ0v) is 8.71. The number of para-hydroxylation sites is 1. The van der Waals surface area contributed by atoms with Gasteiger partial charge in [0.05, 0.1) is 0 Å². The Hall–Kier alpha value is -1.09. The highest BCUT2D eigenvalue weighted by atomic mass is 19.1. The van der Waals surface area contributed by atoms with Gasteiger partial charge in [0.15, 0.2) is 11.6 Å². The Morgan fingerprint density at radius 1 is 1.27 bits per heavy atom. The molecule has 1 aromatic carbocycles. The van der Waals surface area contributed by atoms with Crippen LogP contribution >= 0.6 is 0 Å². The second kappa shape index (κ2) is 4.19. The van der Waals surface area contributed by atoms with Crippen LogP contribution in [0.2, 0.25) is 0 Å². The molecule has 1 aromatic rings. The number of hydrogen-bond acceptors (Lipinski definition) is 2. The van der Waals surface area contributed by atoms with E-state index >= 15 is 0 Å². The molecule has 0 aromatic heterocycles. The van der Waals surface area contributed by atoms with Gasteiger partial charge in [-0.25, -0.2) is 4.39 Å². The Bertz CT molecular complexity index is 334. The van der Waals surface area contributed by atoms with Crippen LogP contribution in [0, 0.1) is 5.82 Å². The molecule has 0 aliphatic heterocycles. The van der Waals surface area contributed by atoms with Crippen LogP contribution < -0.4 is 10.5 Å².